The van der Waals surface area contributed by atoms with Gasteiger partial charge in [0, 0.05) is 23.4 Å². The van der Waals surface area contributed by atoms with Crippen molar-refractivity contribution in [1.29, 1.82) is 0 Å². The van der Waals surface area contributed by atoms with Crippen LogP contribution in [-0.4, -0.2) is 17.8 Å². The van der Waals surface area contributed by atoms with Gasteiger partial charge in [-0.2, -0.15) is 0 Å². The molecule has 0 saturated carbocycles. The largest absolute Gasteiger partial charge is 0.493 e. The minimum Gasteiger partial charge on any atom is -0.493 e. The Morgan fingerprint density at radius 1 is 1.35 bits per heavy atom. The molecule has 0 bridgehead atoms. The molecular weight excluding hydrogens is 318 g/mol. The first-order valence-corrected chi connectivity index (χ1v) is 8.14. The van der Waals surface area contributed by atoms with Crippen molar-refractivity contribution < 1.29 is 9.53 Å². The molecule has 1 aliphatic heterocycles. The Kier molecular flexibility index (Phi) is 4.74. The molecule has 0 radical (unpaired) electrons. The zero-order chi connectivity index (χ0) is 14.8. The molecule has 4 heteroatoms. The molecule has 1 heterocycles. The number of benzene rings is 1. The number of amides is 1. The van der Waals surface area contributed by atoms with Gasteiger partial charge in [0.05, 0.1) is 6.61 Å². The van der Waals surface area contributed by atoms with Crippen molar-refractivity contribution in [2.75, 3.05) is 17.3 Å². The number of anilines is 1. The van der Waals surface area contributed by atoms with Crippen LogP contribution in [0.4, 0.5) is 5.69 Å². The number of carbonyl (C=O) groups is 1. The van der Waals surface area contributed by atoms with Gasteiger partial charge in [0.15, 0.2) is 0 Å². The van der Waals surface area contributed by atoms with Crippen LogP contribution in [-0.2, 0) is 11.2 Å². The highest BCUT2D eigenvalue weighted by Gasteiger charge is 2.24. The van der Waals surface area contributed by atoms with Gasteiger partial charge in [0.2, 0.25) is 5.91 Å². The van der Waals surface area contributed by atoms with Crippen molar-refractivity contribution >= 4 is 27.5 Å². The highest BCUT2D eigenvalue weighted by atomic mass is 79.9. The van der Waals surface area contributed by atoms with Crippen molar-refractivity contribution in [1.82, 2.24) is 0 Å². The lowest BCUT2D eigenvalue weighted by molar-refractivity contribution is -0.116. The number of aryl methyl sites for hydroxylation is 1. The van der Waals surface area contributed by atoms with Crippen LogP contribution in [0.2, 0.25) is 0 Å². The summed E-state index contributed by atoms with van der Waals surface area (Å²) in [7, 11) is 0. The van der Waals surface area contributed by atoms with Crippen molar-refractivity contribution in [2.45, 2.75) is 33.6 Å². The number of alkyl halides is 1. The van der Waals surface area contributed by atoms with Crippen molar-refractivity contribution in [2.24, 2.45) is 11.3 Å². The van der Waals surface area contributed by atoms with Crippen LogP contribution in [0.15, 0.2) is 18.2 Å². The predicted molar refractivity (Wildman–Crippen MR) is 85.6 cm³/mol. The highest BCUT2D eigenvalue weighted by Crippen LogP contribution is 2.30. The van der Waals surface area contributed by atoms with Crippen LogP contribution in [0.5, 0.6) is 5.75 Å². The molecule has 0 fully saturated rings. The Bertz CT molecular complexity index is 494. The first-order valence-electron chi connectivity index (χ1n) is 7.01. The Balaban J connectivity index is 2.02. The average molecular weight is 340 g/mol. The molecule has 1 aliphatic rings. The van der Waals surface area contributed by atoms with E-state index in [9.17, 15) is 4.79 Å². The Labute approximate surface area is 129 Å². The van der Waals surface area contributed by atoms with Crippen LogP contribution in [0.25, 0.3) is 0 Å². The molecule has 0 spiro atoms. The van der Waals surface area contributed by atoms with Crippen LogP contribution in [0, 0.1) is 11.3 Å². The van der Waals surface area contributed by atoms with Crippen molar-refractivity contribution in [3.63, 3.8) is 0 Å². The third-order valence-corrected chi connectivity index (χ3v) is 4.62. The molecule has 1 unspecified atom stereocenters. The number of rotatable bonds is 4. The van der Waals surface area contributed by atoms with Crippen LogP contribution in [0.3, 0.4) is 0 Å². The summed E-state index contributed by atoms with van der Waals surface area (Å²) in [5.74, 6) is 1.44. The van der Waals surface area contributed by atoms with Gasteiger partial charge in [-0.3, -0.25) is 4.79 Å². The molecule has 1 aromatic rings. The van der Waals surface area contributed by atoms with Crippen molar-refractivity contribution in [3.8, 4) is 5.75 Å². The molecule has 1 aromatic carbocycles. The van der Waals surface area contributed by atoms with Gasteiger partial charge in [-0.15, -0.1) is 0 Å². The quantitative estimate of drug-likeness (QED) is 0.841. The van der Waals surface area contributed by atoms with Gasteiger partial charge < -0.3 is 10.1 Å². The molecule has 0 aromatic heterocycles. The first-order chi connectivity index (χ1) is 9.40. The predicted octanol–water partition coefficient (Wildman–Crippen LogP) is 4.01. The van der Waals surface area contributed by atoms with Gasteiger partial charge >= 0.3 is 0 Å². The number of carbonyl (C=O) groups excluding carboxylic acids is 1. The Morgan fingerprint density at radius 2 is 2.10 bits per heavy atom. The topological polar surface area (TPSA) is 38.3 Å². The average Bonchev–Trinajstić information content (AvgIpc) is 2.38. The summed E-state index contributed by atoms with van der Waals surface area (Å²) in [6, 6.07) is 5.91. The molecule has 0 aliphatic carbocycles. The summed E-state index contributed by atoms with van der Waals surface area (Å²) < 4.78 is 5.94. The summed E-state index contributed by atoms with van der Waals surface area (Å²) in [6.07, 6.45) is 1.35. The standard InChI is InChI=1S/C16H22BrNO2/c1-16(2,3)12(9-17)10-20-13-5-6-14-11(8-13)4-7-15(19)18-14/h5-6,8,12H,4,7,9-10H2,1-3H3,(H,18,19). The number of nitrogens with one attached hydrogen (secondary N) is 1. The molecule has 20 heavy (non-hydrogen) atoms. The lowest BCUT2D eigenvalue weighted by Crippen LogP contribution is -2.28. The summed E-state index contributed by atoms with van der Waals surface area (Å²) in [6.45, 7) is 7.37. The molecular formula is C16H22BrNO2. The van der Waals surface area contributed by atoms with E-state index < -0.39 is 0 Å². The van der Waals surface area contributed by atoms with Gasteiger partial charge in [-0.05, 0) is 35.6 Å². The van der Waals surface area contributed by atoms with Crippen LogP contribution >= 0.6 is 15.9 Å². The minimum absolute atomic E-state index is 0.0956. The monoisotopic (exact) mass is 339 g/mol. The molecule has 2 rings (SSSR count). The fourth-order valence-electron chi connectivity index (χ4n) is 2.17. The third-order valence-electron chi connectivity index (χ3n) is 3.83. The number of hydrogen-bond acceptors (Lipinski definition) is 2. The normalized spacial score (nSPS) is 16.3. The molecule has 1 N–H and O–H groups in total. The number of fused-ring (bicyclic) bond motifs is 1. The van der Waals surface area contributed by atoms with E-state index in [-0.39, 0.29) is 11.3 Å². The first kappa shape index (κ1) is 15.4. The maximum absolute atomic E-state index is 11.3. The summed E-state index contributed by atoms with van der Waals surface area (Å²) >= 11 is 3.56. The summed E-state index contributed by atoms with van der Waals surface area (Å²) in [5.41, 5.74) is 2.29. The van der Waals surface area contributed by atoms with Gasteiger partial charge in [-0.25, -0.2) is 0 Å². The van der Waals surface area contributed by atoms with E-state index in [1.807, 2.05) is 18.2 Å². The van der Waals surface area contributed by atoms with Crippen molar-refractivity contribution in [3.05, 3.63) is 23.8 Å². The van der Waals surface area contributed by atoms with E-state index in [0.717, 1.165) is 28.8 Å². The molecule has 110 valence electrons. The summed E-state index contributed by atoms with van der Waals surface area (Å²) in [5, 5.41) is 3.81. The molecule has 0 saturated heterocycles. The van der Waals surface area contributed by atoms with Gasteiger partial charge in [0.25, 0.3) is 0 Å². The van der Waals surface area contributed by atoms with Crippen LogP contribution in [0.1, 0.15) is 32.8 Å². The third kappa shape index (κ3) is 3.75. The van der Waals surface area contributed by atoms with E-state index in [4.69, 9.17) is 4.74 Å². The van der Waals surface area contributed by atoms with Gasteiger partial charge in [0.1, 0.15) is 5.75 Å². The Hall–Kier alpha value is -1.03. The van der Waals surface area contributed by atoms with E-state index in [1.54, 1.807) is 0 Å². The van der Waals surface area contributed by atoms with E-state index in [1.165, 1.54) is 0 Å². The SMILES string of the molecule is CC(C)(C)C(CBr)COc1ccc2c(c1)CCC(=O)N2. The molecule has 3 nitrogen and oxygen atoms in total. The lowest BCUT2D eigenvalue weighted by atomic mass is 9.83. The highest BCUT2D eigenvalue weighted by molar-refractivity contribution is 9.09. The maximum atomic E-state index is 11.3. The molecule has 1 atom stereocenters. The smallest absolute Gasteiger partial charge is 0.224 e. The van der Waals surface area contributed by atoms with E-state index >= 15 is 0 Å². The maximum Gasteiger partial charge on any atom is 0.224 e. The zero-order valence-corrected chi connectivity index (χ0v) is 13.9. The fraction of sp³-hybridized carbons (Fsp3) is 0.562. The number of halogens is 1. The number of ether oxygens (including phenoxy) is 1. The fourth-order valence-corrected chi connectivity index (χ4v) is 3.33. The summed E-state index contributed by atoms with van der Waals surface area (Å²) in [4.78, 5) is 11.3. The second-order valence-electron chi connectivity index (χ2n) is 6.40. The second-order valence-corrected chi connectivity index (χ2v) is 7.04. The van der Waals surface area contributed by atoms with Crippen LogP contribution < -0.4 is 10.1 Å². The number of hydrogen-bond donors (Lipinski definition) is 1. The lowest BCUT2D eigenvalue weighted by Gasteiger charge is -2.29. The minimum atomic E-state index is 0.0956. The van der Waals surface area contributed by atoms with E-state index in [2.05, 4.69) is 42.0 Å². The van der Waals surface area contributed by atoms with Gasteiger partial charge in [-0.1, -0.05) is 36.7 Å². The zero-order valence-electron chi connectivity index (χ0n) is 12.3. The van der Waals surface area contributed by atoms with E-state index in [0.29, 0.717) is 18.9 Å². The Morgan fingerprint density at radius 3 is 2.75 bits per heavy atom. The molecule has 1 amide bonds. The second kappa shape index (κ2) is 6.17.